The number of benzene rings is 4. The van der Waals surface area contributed by atoms with Crippen LogP contribution in [0.1, 0.15) is 31.4 Å². The second-order valence-corrected chi connectivity index (χ2v) is 12.8. The number of nitrogens with zero attached hydrogens (tertiary/aromatic N) is 2. The van der Waals surface area contributed by atoms with Crippen LogP contribution in [0.3, 0.4) is 0 Å². The average Bonchev–Trinajstić information content (AvgIpc) is 3.11. The van der Waals surface area contributed by atoms with Crippen LogP contribution in [0.2, 0.25) is 0 Å². The molecule has 10 nitrogen and oxygen atoms in total. The van der Waals surface area contributed by atoms with Crippen LogP contribution in [0, 0.1) is 0 Å². The molecular weight excluding hydrogens is 630 g/mol. The predicted octanol–water partition coefficient (Wildman–Crippen LogP) is 5.46. The van der Waals surface area contributed by atoms with Crippen LogP contribution < -0.4 is 23.8 Å². The minimum absolute atomic E-state index is 0.0875. The molecule has 0 aromatic heterocycles. The number of methoxy groups -OCH3 is 2. The first kappa shape index (κ1) is 35.8. The number of sulfonamides is 1. The Morgan fingerprint density at radius 2 is 1.42 bits per heavy atom. The molecule has 0 aliphatic carbocycles. The van der Waals surface area contributed by atoms with E-state index in [0.717, 1.165) is 15.4 Å². The monoisotopic (exact) mass is 673 g/mol. The Bertz CT molecular complexity index is 1730. The molecule has 0 heterocycles. The van der Waals surface area contributed by atoms with Gasteiger partial charge in [-0.15, -0.1) is 0 Å². The SMILES string of the molecule is CCCNC(=O)[C@@H](Cc1ccccc1)N(Cc1ccccc1)C(=O)CN(c1ccc(OCC)cc1)S(=O)(=O)c1ccc(OC)c(OC)c1. The van der Waals surface area contributed by atoms with E-state index < -0.39 is 28.5 Å². The summed E-state index contributed by atoms with van der Waals surface area (Å²) in [6, 6.07) is 28.6. The standard InChI is InChI=1S/C37H43N3O7S/c1-5-23-38-37(42)33(24-28-13-9-7-10-14-28)39(26-29-15-11-8-12-16-29)36(41)27-40(30-17-19-31(20-18-30)47-6-2)48(43,44)32-21-22-34(45-3)35(25-32)46-4/h7-22,25,33H,5-6,23-24,26-27H2,1-4H3,(H,38,42)/t33-/m1/s1. The maximum absolute atomic E-state index is 14.6. The van der Waals surface area contributed by atoms with Crippen molar-refractivity contribution in [1.82, 2.24) is 10.2 Å². The molecule has 48 heavy (non-hydrogen) atoms. The summed E-state index contributed by atoms with van der Waals surface area (Å²) in [6.07, 6.45) is 0.950. The van der Waals surface area contributed by atoms with Gasteiger partial charge in [0.25, 0.3) is 10.0 Å². The number of hydrogen-bond donors (Lipinski definition) is 1. The number of amides is 2. The number of ether oxygens (including phenoxy) is 3. The smallest absolute Gasteiger partial charge is 0.264 e. The highest BCUT2D eigenvalue weighted by molar-refractivity contribution is 7.92. The van der Waals surface area contributed by atoms with Crippen molar-refractivity contribution >= 4 is 27.5 Å². The Hall–Kier alpha value is -5.03. The molecule has 4 rings (SSSR count). The van der Waals surface area contributed by atoms with Crippen LogP contribution in [0.15, 0.2) is 108 Å². The summed E-state index contributed by atoms with van der Waals surface area (Å²) in [6.45, 7) is 4.18. The van der Waals surface area contributed by atoms with Gasteiger partial charge >= 0.3 is 0 Å². The minimum atomic E-state index is -4.35. The second kappa shape index (κ2) is 17.2. The van der Waals surface area contributed by atoms with Crippen molar-refractivity contribution in [2.24, 2.45) is 0 Å². The zero-order chi connectivity index (χ0) is 34.5. The quantitative estimate of drug-likeness (QED) is 0.158. The van der Waals surface area contributed by atoms with E-state index in [0.29, 0.717) is 31.1 Å². The fraction of sp³-hybridized carbons (Fsp3) is 0.297. The molecule has 0 aliphatic heterocycles. The van der Waals surface area contributed by atoms with Crippen molar-refractivity contribution in [3.05, 3.63) is 114 Å². The number of anilines is 1. The molecule has 2 amide bonds. The largest absolute Gasteiger partial charge is 0.494 e. The normalized spacial score (nSPS) is 11.7. The van der Waals surface area contributed by atoms with Gasteiger partial charge in [-0.05, 0) is 60.9 Å². The van der Waals surface area contributed by atoms with Crippen LogP contribution in [0.25, 0.3) is 0 Å². The third kappa shape index (κ3) is 9.07. The molecule has 0 saturated heterocycles. The summed E-state index contributed by atoms with van der Waals surface area (Å²) >= 11 is 0. The zero-order valence-corrected chi connectivity index (χ0v) is 28.6. The second-order valence-electron chi connectivity index (χ2n) is 11.0. The molecule has 1 N–H and O–H groups in total. The lowest BCUT2D eigenvalue weighted by atomic mass is 10.0. The average molecular weight is 674 g/mol. The van der Waals surface area contributed by atoms with Gasteiger partial charge in [-0.3, -0.25) is 13.9 Å². The summed E-state index contributed by atoms with van der Waals surface area (Å²) in [5, 5.41) is 2.95. The van der Waals surface area contributed by atoms with Crippen LogP contribution >= 0.6 is 0 Å². The summed E-state index contributed by atoms with van der Waals surface area (Å²) in [7, 11) is -1.47. The van der Waals surface area contributed by atoms with Gasteiger partial charge in [0, 0.05) is 25.6 Å². The van der Waals surface area contributed by atoms with E-state index >= 15 is 0 Å². The van der Waals surface area contributed by atoms with Crippen molar-refractivity contribution in [1.29, 1.82) is 0 Å². The van der Waals surface area contributed by atoms with Gasteiger partial charge in [0.2, 0.25) is 11.8 Å². The molecule has 11 heteroatoms. The topological polar surface area (TPSA) is 114 Å². The highest BCUT2D eigenvalue weighted by atomic mass is 32.2. The number of nitrogens with one attached hydrogen (secondary N) is 1. The maximum Gasteiger partial charge on any atom is 0.264 e. The van der Waals surface area contributed by atoms with Crippen molar-refractivity contribution in [3.8, 4) is 17.2 Å². The van der Waals surface area contributed by atoms with E-state index in [1.807, 2.05) is 74.5 Å². The molecule has 254 valence electrons. The Labute approximate surface area is 283 Å². The van der Waals surface area contributed by atoms with Crippen molar-refractivity contribution in [2.75, 3.05) is 38.2 Å². The van der Waals surface area contributed by atoms with Crippen LogP contribution in [-0.4, -0.2) is 65.1 Å². The molecule has 4 aromatic rings. The van der Waals surface area contributed by atoms with Crippen molar-refractivity contribution < 1.29 is 32.2 Å². The summed E-state index contributed by atoms with van der Waals surface area (Å²) in [5.74, 6) is 0.260. The van der Waals surface area contributed by atoms with Gasteiger partial charge in [0.05, 0.1) is 31.4 Å². The van der Waals surface area contributed by atoms with E-state index in [4.69, 9.17) is 14.2 Å². The molecule has 4 aromatic carbocycles. The molecule has 0 spiro atoms. The summed E-state index contributed by atoms with van der Waals surface area (Å²) < 4.78 is 46.2. The van der Waals surface area contributed by atoms with Gasteiger partial charge in [-0.2, -0.15) is 0 Å². The molecule has 0 unspecified atom stereocenters. The number of carbonyl (C=O) groups is 2. The molecule has 0 saturated carbocycles. The van der Waals surface area contributed by atoms with Crippen molar-refractivity contribution in [2.45, 2.75) is 44.2 Å². The van der Waals surface area contributed by atoms with E-state index in [1.54, 1.807) is 24.3 Å². The van der Waals surface area contributed by atoms with Crippen LogP contribution in [0.4, 0.5) is 5.69 Å². The Kier molecular flexibility index (Phi) is 12.8. The van der Waals surface area contributed by atoms with Crippen LogP contribution in [-0.2, 0) is 32.6 Å². The summed E-state index contributed by atoms with van der Waals surface area (Å²) in [4.78, 5) is 29.7. The van der Waals surface area contributed by atoms with E-state index in [2.05, 4.69) is 5.32 Å². The molecular formula is C37H43N3O7S. The van der Waals surface area contributed by atoms with Crippen LogP contribution in [0.5, 0.6) is 17.2 Å². The Morgan fingerprint density at radius 1 is 0.792 bits per heavy atom. The molecule has 0 bridgehead atoms. The first-order valence-corrected chi connectivity index (χ1v) is 17.3. The van der Waals surface area contributed by atoms with Gasteiger partial charge in [-0.25, -0.2) is 8.42 Å². The highest BCUT2D eigenvalue weighted by Crippen LogP contribution is 2.33. The fourth-order valence-electron chi connectivity index (χ4n) is 5.21. The molecule has 0 fully saturated rings. The summed E-state index contributed by atoms with van der Waals surface area (Å²) in [5.41, 5.74) is 1.90. The number of carbonyl (C=O) groups excluding carboxylic acids is 2. The molecule has 0 aliphatic rings. The molecule has 1 atom stereocenters. The van der Waals surface area contributed by atoms with Gasteiger partial charge in [-0.1, -0.05) is 67.6 Å². The van der Waals surface area contributed by atoms with Crippen molar-refractivity contribution in [3.63, 3.8) is 0 Å². The lowest BCUT2D eigenvalue weighted by molar-refractivity contribution is -0.140. The number of rotatable bonds is 17. The zero-order valence-electron chi connectivity index (χ0n) is 27.8. The third-order valence-corrected chi connectivity index (χ3v) is 9.44. The van der Waals surface area contributed by atoms with E-state index in [-0.39, 0.29) is 35.2 Å². The first-order valence-electron chi connectivity index (χ1n) is 15.8. The predicted molar refractivity (Wildman–Crippen MR) is 186 cm³/mol. The van der Waals surface area contributed by atoms with E-state index in [9.17, 15) is 18.0 Å². The van der Waals surface area contributed by atoms with Gasteiger partial charge < -0.3 is 24.4 Å². The highest BCUT2D eigenvalue weighted by Gasteiger charge is 2.35. The Balaban J connectivity index is 1.81. The third-order valence-electron chi connectivity index (χ3n) is 7.67. The Morgan fingerprint density at radius 3 is 2.00 bits per heavy atom. The van der Waals surface area contributed by atoms with Gasteiger partial charge in [0.15, 0.2) is 11.5 Å². The maximum atomic E-state index is 14.6. The minimum Gasteiger partial charge on any atom is -0.494 e. The lowest BCUT2D eigenvalue weighted by Crippen LogP contribution is -2.53. The van der Waals surface area contributed by atoms with E-state index in [1.165, 1.54) is 37.3 Å². The molecule has 0 radical (unpaired) electrons. The lowest BCUT2D eigenvalue weighted by Gasteiger charge is -2.34. The fourth-order valence-corrected chi connectivity index (χ4v) is 6.64. The van der Waals surface area contributed by atoms with Gasteiger partial charge in [0.1, 0.15) is 18.3 Å². The number of hydrogen-bond acceptors (Lipinski definition) is 7. The first-order chi connectivity index (χ1) is 23.2.